The number of nitrogens with zero attached hydrogens (tertiary/aromatic N) is 1. The molecule has 132 valence electrons. The number of aliphatic hydroxyl groups is 1. The Labute approximate surface area is 155 Å². The molecule has 0 aliphatic carbocycles. The highest BCUT2D eigenvalue weighted by Crippen LogP contribution is 2.27. The standard InChI is InChI=1S/C13H27N3O3S2.HI/c1-4-14-12(15-9-13(17)6-7-20-10-13)16-11(2)5-8-21(3,18)19;/h11,17H,4-10H2,1-3H3,(H2,14,15,16);1H. The molecule has 1 aliphatic heterocycles. The van der Waals surface area contributed by atoms with Crippen molar-refractivity contribution in [2.75, 3.05) is 36.6 Å². The van der Waals surface area contributed by atoms with Gasteiger partial charge in [0.2, 0.25) is 0 Å². The molecule has 22 heavy (non-hydrogen) atoms. The maximum atomic E-state index is 11.2. The van der Waals surface area contributed by atoms with E-state index in [0.717, 1.165) is 24.5 Å². The smallest absolute Gasteiger partial charge is 0.191 e. The van der Waals surface area contributed by atoms with Gasteiger partial charge in [-0.25, -0.2) is 8.42 Å². The normalized spacial score (nSPS) is 23.7. The fourth-order valence-corrected chi connectivity index (χ4v) is 4.03. The summed E-state index contributed by atoms with van der Waals surface area (Å²) < 4.78 is 22.4. The molecule has 0 saturated carbocycles. The molecule has 1 aliphatic rings. The molecule has 1 fully saturated rings. The third-order valence-electron chi connectivity index (χ3n) is 3.26. The summed E-state index contributed by atoms with van der Waals surface area (Å²) >= 11 is 1.74. The zero-order valence-corrected chi connectivity index (χ0v) is 17.4. The number of halogens is 1. The number of guanidine groups is 1. The van der Waals surface area contributed by atoms with E-state index < -0.39 is 15.4 Å². The second-order valence-electron chi connectivity index (χ2n) is 5.69. The minimum absolute atomic E-state index is 0. The summed E-state index contributed by atoms with van der Waals surface area (Å²) in [5.74, 6) is 2.48. The highest BCUT2D eigenvalue weighted by atomic mass is 127. The van der Waals surface area contributed by atoms with Gasteiger partial charge >= 0.3 is 0 Å². The first-order valence-electron chi connectivity index (χ1n) is 7.27. The lowest BCUT2D eigenvalue weighted by atomic mass is 10.1. The van der Waals surface area contributed by atoms with Crippen molar-refractivity contribution in [1.29, 1.82) is 0 Å². The van der Waals surface area contributed by atoms with E-state index in [9.17, 15) is 13.5 Å². The van der Waals surface area contributed by atoms with Crippen LogP contribution in [0.4, 0.5) is 0 Å². The van der Waals surface area contributed by atoms with Crippen LogP contribution in [0.5, 0.6) is 0 Å². The molecule has 0 spiro atoms. The first-order chi connectivity index (χ1) is 9.74. The van der Waals surface area contributed by atoms with E-state index in [0.29, 0.717) is 18.9 Å². The van der Waals surface area contributed by atoms with Gasteiger partial charge in [-0.15, -0.1) is 24.0 Å². The second-order valence-corrected chi connectivity index (χ2v) is 9.05. The van der Waals surface area contributed by atoms with E-state index in [1.54, 1.807) is 11.8 Å². The largest absolute Gasteiger partial charge is 0.387 e. The molecular formula is C13H28IN3O3S2. The summed E-state index contributed by atoms with van der Waals surface area (Å²) in [6.45, 7) is 4.99. The van der Waals surface area contributed by atoms with Crippen LogP contribution in [0, 0.1) is 0 Å². The predicted octanol–water partition coefficient (Wildman–Crippen LogP) is 0.851. The summed E-state index contributed by atoms with van der Waals surface area (Å²) in [6.07, 6.45) is 2.54. The Hall–Kier alpha value is 0.260. The van der Waals surface area contributed by atoms with E-state index in [-0.39, 0.29) is 35.8 Å². The van der Waals surface area contributed by atoms with Gasteiger partial charge in [0.05, 0.1) is 17.9 Å². The highest BCUT2D eigenvalue weighted by molar-refractivity contribution is 14.0. The number of aliphatic imine (C=N–C) groups is 1. The number of thioether (sulfide) groups is 1. The van der Waals surface area contributed by atoms with Crippen molar-refractivity contribution in [2.45, 2.75) is 38.3 Å². The van der Waals surface area contributed by atoms with Gasteiger partial charge in [0, 0.05) is 24.6 Å². The maximum absolute atomic E-state index is 11.2. The van der Waals surface area contributed by atoms with Crippen LogP contribution in [-0.2, 0) is 9.84 Å². The monoisotopic (exact) mass is 465 g/mol. The van der Waals surface area contributed by atoms with Crippen LogP contribution in [0.1, 0.15) is 26.7 Å². The lowest BCUT2D eigenvalue weighted by Crippen LogP contribution is -2.44. The van der Waals surface area contributed by atoms with Crippen LogP contribution in [0.15, 0.2) is 4.99 Å². The molecular weight excluding hydrogens is 437 g/mol. The van der Waals surface area contributed by atoms with Crippen LogP contribution in [-0.4, -0.2) is 67.7 Å². The molecule has 1 heterocycles. The Morgan fingerprint density at radius 3 is 2.68 bits per heavy atom. The number of nitrogens with one attached hydrogen (secondary N) is 2. The average Bonchev–Trinajstić information content (AvgIpc) is 2.81. The summed E-state index contributed by atoms with van der Waals surface area (Å²) in [6, 6.07) is 0.00474. The maximum Gasteiger partial charge on any atom is 0.191 e. The van der Waals surface area contributed by atoms with Crippen LogP contribution >= 0.6 is 35.7 Å². The summed E-state index contributed by atoms with van der Waals surface area (Å²) in [5, 5.41) is 16.6. The molecule has 1 rings (SSSR count). The fraction of sp³-hybridized carbons (Fsp3) is 0.923. The first kappa shape index (κ1) is 22.3. The van der Waals surface area contributed by atoms with Crippen LogP contribution in [0.3, 0.4) is 0 Å². The van der Waals surface area contributed by atoms with Gasteiger partial charge in [-0.05, 0) is 32.4 Å². The van der Waals surface area contributed by atoms with Crippen LogP contribution < -0.4 is 10.6 Å². The van der Waals surface area contributed by atoms with E-state index in [2.05, 4.69) is 15.6 Å². The molecule has 0 bridgehead atoms. The van der Waals surface area contributed by atoms with Gasteiger partial charge in [0.1, 0.15) is 9.84 Å². The Morgan fingerprint density at radius 2 is 2.18 bits per heavy atom. The topological polar surface area (TPSA) is 90.8 Å². The van der Waals surface area contributed by atoms with Crippen molar-refractivity contribution in [1.82, 2.24) is 10.6 Å². The number of hydrogen-bond acceptors (Lipinski definition) is 5. The molecule has 3 N–H and O–H groups in total. The van der Waals surface area contributed by atoms with Gasteiger partial charge in [-0.1, -0.05) is 0 Å². The zero-order chi connectivity index (χ0) is 15.9. The molecule has 0 radical (unpaired) electrons. The highest BCUT2D eigenvalue weighted by Gasteiger charge is 2.31. The quantitative estimate of drug-likeness (QED) is 0.294. The van der Waals surface area contributed by atoms with Gasteiger partial charge in [0.15, 0.2) is 5.96 Å². The summed E-state index contributed by atoms with van der Waals surface area (Å²) in [5.41, 5.74) is -0.705. The van der Waals surface area contributed by atoms with E-state index >= 15 is 0 Å². The van der Waals surface area contributed by atoms with Crippen molar-refractivity contribution in [3.05, 3.63) is 0 Å². The number of rotatable bonds is 7. The lowest BCUT2D eigenvalue weighted by Gasteiger charge is -2.21. The van der Waals surface area contributed by atoms with Gasteiger partial charge < -0.3 is 15.7 Å². The third kappa shape index (κ3) is 9.41. The van der Waals surface area contributed by atoms with Gasteiger partial charge in [-0.2, -0.15) is 11.8 Å². The van der Waals surface area contributed by atoms with E-state index in [1.165, 1.54) is 6.26 Å². The van der Waals surface area contributed by atoms with Crippen molar-refractivity contribution in [2.24, 2.45) is 4.99 Å². The van der Waals surface area contributed by atoms with Crippen LogP contribution in [0.2, 0.25) is 0 Å². The van der Waals surface area contributed by atoms with E-state index in [1.807, 2.05) is 13.8 Å². The summed E-state index contributed by atoms with van der Waals surface area (Å²) in [4.78, 5) is 4.43. The van der Waals surface area contributed by atoms with Crippen molar-refractivity contribution < 1.29 is 13.5 Å². The predicted molar refractivity (Wildman–Crippen MR) is 105 cm³/mol. The van der Waals surface area contributed by atoms with Crippen molar-refractivity contribution in [3.63, 3.8) is 0 Å². The number of sulfone groups is 1. The average molecular weight is 465 g/mol. The first-order valence-corrected chi connectivity index (χ1v) is 10.5. The Balaban J connectivity index is 0.00000441. The van der Waals surface area contributed by atoms with Gasteiger partial charge in [-0.3, -0.25) is 4.99 Å². The summed E-state index contributed by atoms with van der Waals surface area (Å²) in [7, 11) is -2.95. The molecule has 0 amide bonds. The SMILES string of the molecule is CCNC(=NCC1(O)CCSC1)NC(C)CCS(C)(=O)=O.I. The Bertz CT molecular complexity index is 451. The van der Waals surface area contributed by atoms with E-state index in [4.69, 9.17) is 0 Å². The lowest BCUT2D eigenvalue weighted by molar-refractivity contribution is 0.0778. The molecule has 0 aromatic rings. The molecule has 1 saturated heterocycles. The fourth-order valence-electron chi connectivity index (χ4n) is 1.96. The molecule has 2 atom stereocenters. The van der Waals surface area contributed by atoms with Crippen molar-refractivity contribution in [3.8, 4) is 0 Å². The minimum Gasteiger partial charge on any atom is -0.387 e. The Morgan fingerprint density at radius 1 is 1.50 bits per heavy atom. The minimum atomic E-state index is -2.95. The molecule has 0 aromatic carbocycles. The van der Waals surface area contributed by atoms with Crippen LogP contribution in [0.25, 0.3) is 0 Å². The number of hydrogen-bond donors (Lipinski definition) is 3. The molecule has 6 nitrogen and oxygen atoms in total. The zero-order valence-electron chi connectivity index (χ0n) is 13.5. The third-order valence-corrected chi connectivity index (χ3v) is 5.47. The molecule has 2 unspecified atom stereocenters. The van der Waals surface area contributed by atoms with Crippen molar-refractivity contribution >= 4 is 51.5 Å². The molecule has 9 heteroatoms. The second kappa shape index (κ2) is 10.2. The van der Waals surface area contributed by atoms with Gasteiger partial charge in [0.25, 0.3) is 0 Å². The Kier molecular flexibility index (Phi) is 10.3. The molecule has 0 aromatic heterocycles.